The van der Waals surface area contributed by atoms with Crippen molar-refractivity contribution in [2.75, 3.05) is 6.61 Å². The van der Waals surface area contributed by atoms with Crippen molar-refractivity contribution in [1.82, 2.24) is 0 Å². The van der Waals surface area contributed by atoms with Crippen LogP contribution in [-0.2, 0) is 15.9 Å². The Labute approximate surface area is 181 Å². The van der Waals surface area contributed by atoms with E-state index in [0.717, 1.165) is 18.4 Å². The van der Waals surface area contributed by atoms with Crippen molar-refractivity contribution in [2.45, 2.75) is 56.8 Å². The zero-order valence-electron chi connectivity index (χ0n) is 17.5. The van der Waals surface area contributed by atoms with Crippen LogP contribution in [0.1, 0.15) is 58.9 Å². The molecule has 0 saturated heterocycles. The second kappa shape index (κ2) is 8.98. The van der Waals surface area contributed by atoms with Crippen LogP contribution in [0.5, 0.6) is 0 Å². The molecule has 7 heteroatoms. The van der Waals surface area contributed by atoms with Crippen LogP contribution >= 0.6 is 0 Å². The number of aliphatic hydroxyl groups is 1. The Balaban J connectivity index is 1.80. The molecule has 1 aliphatic heterocycles. The van der Waals surface area contributed by atoms with Gasteiger partial charge in [0.1, 0.15) is 17.7 Å². The zero-order chi connectivity index (χ0) is 21.8. The third-order valence-corrected chi connectivity index (χ3v) is 5.83. The maximum absolute atomic E-state index is 13.0. The number of azo groups is 1. The molecule has 2 aromatic carbocycles. The second-order valence-corrected chi connectivity index (χ2v) is 8.38. The number of carbonyl (C=O) groups excluding carboxylic acids is 2. The average Bonchev–Trinajstić information content (AvgIpc) is 2.79. The van der Waals surface area contributed by atoms with Gasteiger partial charge < -0.3 is 14.6 Å². The minimum absolute atomic E-state index is 0.281. The third kappa shape index (κ3) is 4.66. The van der Waals surface area contributed by atoms with Crippen molar-refractivity contribution in [3.8, 4) is 0 Å². The number of fused-ring (bicyclic) bond motifs is 3. The van der Waals surface area contributed by atoms with Crippen LogP contribution in [-0.4, -0.2) is 41.4 Å². The van der Waals surface area contributed by atoms with Crippen LogP contribution < -0.4 is 0 Å². The van der Waals surface area contributed by atoms with Crippen molar-refractivity contribution < 1.29 is 24.2 Å². The van der Waals surface area contributed by atoms with E-state index in [1.54, 1.807) is 43.3 Å². The lowest BCUT2D eigenvalue weighted by Gasteiger charge is -2.31. The van der Waals surface area contributed by atoms with Crippen LogP contribution in [0.15, 0.2) is 58.8 Å². The molecule has 1 saturated carbocycles. The summed E-state index contributed by atoms with van der Waals surface area (Å²) in [6.45, 7) is 1.47. The smallest absolute Gasteiger partial charge is 0.340 e. The molecule has 3 atom stereocenters. The lowest BCUT2D eigenvalue weighted by molar-refractivity contribution is -0.0514. The summed E-state index contributed by atoms with van der Waals surface area (Å²) < 4.78 is 11.6. The van der Waals surface area contributed by atoms with E-state index in [9.17, 15) is 14.7 Å². The highest BCUT2D eigenvalue weighted by molar-refractivity contribution is 5.95. The molecule has 0 spiro atoms. The molecule has 31 heavy (non-hydrogen) atoms. The van der Waals surface area contributed by atoms with Gasteiger partial charge >= 0.3 is 11.9 Å². The molecular formula is C24H26N2O5. The standard InChI is InChI=1S/C24H26N2O5/c1-24(15-27)14-16-8-2-3-9-17(16)22(28)30-20-12-6-7-13-21(20)31-23(29)18-10-4-5-11-19(18)25-26-24/h2-5,8-11,20-21,27H,6-7,12-15H2,1H3/t20-,21-,24-/m1/s1. The molecule has 0 radical (unpaired) electrons. The summed E-state index contributed by atoms with van der Waals surface area (Å²) in [6.07, 6.45) is 2.37. The Kier molecular flexibility index (Phi) is 6.13. The fourth-order valence-corrected chi connectivity index (χ4v) is 4.05. The van der Waals surface area contributed by atoms with Crippen molar-refractivity contribution in [1.29, 1.82) is 0 Å². The SMILES string of the molecule is C[C@]1(CO)Cc2ccccc2C(=O)O[C@@H]2CCCC[C@H]2OC(=O)c2ccccc2N=N1. The molecule has 4 rings (SSSR count). The Hall–Kier alpha value is -3.06. The first-order valence-corrected chi connectivity index (χ1v) is 10.6. The topological polar surface area (TPSA) is 97.6 Å². The lowest BCUT2D eigenvalue weighted by atomic mass is 9.91. The molecule has 1 aliphatic carbocycles. The number of nitrogens with zero attached hydrogens (tertiary/aromatic N) is 2. The van der Waals surface area contributed by atoms with Crippen molar-refractivity contribution in [3.05, 3.63) is 65.2 Å². The van der Waals surface area contributed by atoms with Gasteiger partial charge in [-0.1, -0.05) is 30.3 Å². The van der Waals surface area contributed by atoms with Gasteiger partial charge in [0.15, 0.2) is 0 Å². The van der Waals surface area contributed by atoms with Gasteiger partial charge in [0, 0.05) is 6.42 Å². The van der Waals surface area contributed by atoms with Gasteiger partial charge in [-0.2, -0.15) is 10.2 Å². The van der Waals surface area contributed by atoms with E-state index in [0.29, 0.717) is 36.1 Å². The fourth-order valence-electron chi connectivity index (χ4n) is 4.05. The maximum Gasteiger partial charge on any atom is 0.340 e. The first kappa shape index (κ1) is 21.2. The summed E-state index contributed by atoms with van der Waals surface area (Å²) in [5, 5.41) is 18.7. The minimum atomic E-state index is -0.981. The molecule has 0 bridgehead atoms. The number of ether oxygens (including phenoxy) is 2. The fraction of sp³-hybridized carbons (Fsp3) is 0.417. The summed E-state index contributed by atoms with van der Waals surface area (Å²) in [5.41, 5.74) is 0.829. The molecule has 2 aromatic rings. The number of benzene rings is 2. The van der Waals surface area contributed by atoms with Crippen molar-refractivity contribution >= 4 is 17.6 Å². The average molecular weight is 422 g/mol. The summed E-state index contributed by atoms with van der Waals surface area (Å²) in [6, 6.07) is 14.0. The van der Waals surface area contributed by atoms with E-state index in [1.165, 1.54) is 0 Å². The first-order valence-electron chi connectivity index (χ1n) is 10.6. The number of aliphatic hydroxyl groups excluding tert-OH is 1. The highest BCUT2D eigenvalue weighted by Crippen LogP contribution is 2.30. The molecule has 1 heterocycles. The highest BCUT2D eigenvalue weighted by atomic mass is 16.6. The van der Waals surface area contributed by atoms with Gasteiger partial charge in [0.25, 0.3) is 0 Å². The largest absolute Gasteiger partial charge is 0.455 e. The van der Waals surface area contributed by atoms with E-state index < -0.39 is 29.7 Å². The molecule has 0 amide bonds. The minimum Gasteiger partial charge on any atom is -0.455 e. The van der Waals surface area contributed by atoms with Crippen LogP contribution in [0.2, 0.25) is 0 Å². The van der Waals surface area contributed by atoms with E-state index in [4.69, 9.17) is 9.47 Å². The quantitative estimate of drug-likeness (QED) is 0.687. The summed E-state index contributed by atoms with van der Waals surface area (Å²) in [7, 11) is 0. The molecular weight excluding hydrogens is 396 g/mol. The van der Waals surface area contributed by atoms with E-state index in [1.807, 2.05) is 12.1 Å². The predicted octanol–water partition coefficient (Wildman–Crippen LogP) is 4.40. The number of hydrogen-bond acceptors (Lipinski definition) is 7. The predicted molar refractivity (Wildman–Crippen MR) is 113 cm³/mol. The zero-order valence-corrected chi connectivity index (χ0v) is 17.5. The number of esters is 2. The van der Waals surface area contributed by atoms with Crippen molar-refractivity contribution in [3.63, 3.8) is 0 Å². The van der Waals surface area contributed by atoms with Gasteiger partial charge in [0.05, 0.1) is 23.4 Å². The Morgan fingerprint density at radius 1 is 0.935 bits per heavy atom. The lowest BCUT2D eigenvalue weighted by Crippen LogP contribution is -2.38. The van der Waals surface area contributed by atoms with Gasteiger partial charge in [-0.05, 0) is 56.4 Å². The van der Waals surface area contributed by atoms with E-state index in [-0.39, 0.29) is 6.61 Å². The highest BCUT2D eigenvalue weighted by Gasteiger charge is 2.34. The molecule has 7 nitrogen and oxygen atoms in total. The molecule has 0 aromatic heterocycles. The molecule has 1 N–H and O–H groups in total. The normalized spacial score (nSPS) is 26.5. The molecule has 1 fully saturated rings. The Morgan fingerprint density at radius 2 is 1.52 bits per heavy atom. The Morgan fingerprint density at radius 3 is 2.19 bits per heavy atom. The summed E-state index contributed by atoms with van der Waals surface area (Å²) >= 11 is 0. The van der Waals surface area contributed by atoms with Gasteiger partial charge in [0.2, 0.25) is 0 Å². The van der Waals surface area contributed by atoms with Gasteiger partial charge in [-0.15, -0.1) is 0 Å². The van der Waals surface area contributed by atoms with Crippen molar-refractivity contribution in [2.24, 2.45) is 10.2 Å². The van der Waals surface area contributed by atoms with Crippen LogP contribution in [0, 0.1) is 0 Å². The molecule has 2 aliphatic rings. The number of rotatable bonds is 1. The first-order chi connectivity index (χ1) is 15.0. The molecule has 162 valence electrons. The van der Waals surface area contributed by atoms with Crippen LogP contribution in [0.4, 0.5) is 5.69 Å². The van der Waals surface area contributed by atoms with Crippen LogP contribution in [0.3, 0.4) is 0 Å². The van der Waals surface area contributed by atoms with Gasteiger partial charge in [-0.25, -0.2) is 9.59 Å². The third-order valence-electron chi connectivity index (χ3n) is 5.83. The summed E-state index contributed by atoms with van der Waals surface area (Å²) in [5.74, 6) is -0.983. The number of carbonyl (C=O) groups is 2. The molecule has 0 unspecified atom stereocenters. The maximum atomic E-state index is 13.0. The second-order valence-electron chi connectivity index (χ2n) is 8.38. The van der Waals surface area contributed by atoms with Crippen LogP contribution in [0.25, 0.3) is 0 Å². The Bertz CT molecular complexity index is 1000. The van der Waals surface area contributed by atoms with E-state index in [2.05, 4.69) is 10.2 Å². The summed E-state index contributed by atoms with van der Waals surface area (Å²) in [4.78, 5) is 26.0. The van der Waals surface area contributed by atoms with E-state index >= 15 is 0 Å². The monoisotopic (exact) mass is 422 g/mol. The van der Waals surface area contributed by atoms with Gasteiger partial charge in [-0.3, -0.25) is 0 Å². The number of hydrogen-bond donors (Lipinski definition) is 1.